The third-order valence-corrected chi connectivity index (χ3v) is 3.40. The fourth-order valence-electron chi connectivity index (χ4n) is 2.16. The lowest BCUT2D eigenvalue weighted by molar-refractivity contribution is 0.102. The minimum Gasteiger partial charge on any atom is -0.378 e. The van der Waals surface area contributed by atoms with Gasteiger partial charge in [0.2, 0.25) is 0 Å². The second kappa shape index (κ2) is 6.93. The monoisotopic (exact) mass is 282 g/mol. The molecule has 0 heterocycles. The predicted molar refractivity (Wildman–Crippen MR) is 89.2 cm³/mol. The number of nitrogens with zero attached hydrogens (tertiary/aromatic N) is 1. The van der Waals surface area contributed by atoms with Gasteiger partial charge in [-0.05, 0) is 48.4 Å². The molecule has 1 amide bonds. The van der Waals surface area contributed by atoms with Crippen LogP contribution >= 0.6 is 0 Å². The Morgan fingerprint density at radius 3 is 2.14 bits per heavy atom. The van der Waals surface area contributed by atoms with Gasteiger partial charge >= 0.3 is 0 Å². The summed E-state index contributed by atoms with van der Waals surface area (Å²) in [5, 5.41) is 2.92. The number of carbonyl (C=O) groups excluding carboxylic acids is 1. The van der Waals surface area contributed by atoms with Gasteiger partial charge in [0.05, 0.1) is 0 Å². The van der Waals surface area contributed by atoms with Gasteiger partial charge in [-0.2, -0.15) is 0 Å². The van der Waals surface area contributed by atoms with Crippen molar-refractivity contribution in [2.24, 2.45) is 0 Å². The predicted octanol–water partition coefficient (Wildman–Crippen LogP) is 3.96. The van der Waals surface area contributed by atoms with Crippen LogP contribution in [0.5, 0.6) is 0 Å². The summed E-state index contributed by atoms with van der Waals surface area (Å²) in [6.45, 7) is 2.16. The van der Waals surface area contributed by atoms with Crippen molar-refractivity contribution in [3.63, 3.8) is 0 Å². The summed E-state index contributed by atoms with van der Waals surface area (Å²) in [7, 11) is 3.96. The summed E-state index contributed by atoms with van der Waals surface area (Å²) in [6.07, 6.45) is 2.20. The molecule has 2 aromatic carbocycles. The molecule has 2 aromatic rings. The summed E-state index contributed by atoms with van der Waals surface area (Å²) in [6, 6.07) is 15.6. The molecule has 0 atom stereocenters. The molecular weight excluding hydrogens is 260 g/mol. The van der Waals surface area contributed by atoms with Crippen molar-refractivity contribution in [3.8, 4) is 0 Å². The maximum atomic E-state index is 12.2. The van der Waals surface area contributed by atoms with Crippen LogP contribution in [0.2, 0.25) is 0 Å². The maximum absolute atomic E-state index is 12.2. The third-order valence-electron chi connectivity index (χ3n) is 3.40. The summed E-state index contributed by atoms with van der Waals surface area (Å²) < 4.78 is 0. The molecule has 21 heavy (non-hydrogen) atoms. The fourth-order valence-corrected chi connectivity index (χ4v) is 2.16. The Labute approximate surface area is 126 Å². The molecule has 0 fully saturated rings. The molecule has 0 unspecified atom stereocenters. The largest absolute Gasteiger partial charge is 0.378 e. The van der Waals surface area contributed by atoms with Gasteiger partial charge in [-0.25, -0.2) is 0 Å². The van der Waals surface area contributed by atoms with Crippen LogP contribution in [0.1, 0.15) is 29.3 Å². The molecular formula is C18H22N2O. The average molecular weight is 282 g/mol. The zero-order chi connectivity index (χ0) is 15.2. The summed E-state index contributed by atoms with van der Waals surface area (Å²) >= 11 is 0. The van der Waals surface area contributed by atoms with Crippen LogP contribution in [0, 0.1) is 0 Å². The number of anilines is 2. The van der Waals surface area contributed by atoms with Crippen molar-refractivity contribution in [1.29, 1.82) is 0 Å². The number of aryl methyl sites for hydroxylation is 1. The number of benzene rings is 2. The lowest BCUT2D eigenvalue weighted by Gasteiger charge is -2.12. The van der Waals surface area contributed by atoms with Crippen LogP contribution in [0.25, 0.3) is 0 Å². The number of hydrogen-bond acceptors (Lipinski definition) is 2. The molecule has 3 nitrogen and oxygen atoms in total. The summed E-state index contributed by atoms with van der Waals surface area (Å²) in [5.41, 5.74) is 3.87. The SMILES string of the molecule is CCCc1ccc(NC(=O)c2ccc(N(C)C)cc2)cc1. The third kappa shape index (κ3) is 4.09. The smallest absolute Gasteiger partial charge is 0.255 e. The van der Waals surface area contributed by atoms with Gasteiger partial charge in [0.1, 0.15) is 0 Å². The van der Waals surface area contributed by atoms with Gasteiger partial charge in [-0.1, -0.05) is 25.5 Å². The number of hydrogen-bond donors (Lipinski definition) is 1. The number of carbonyl (C=O) groups is 1. The highest BCUT2D eigenvalue weighted by atomic mass is 16.1. The molecule has 0 aliphatic heterocycles. The van der Waals surface area contributed by atoms with E-state index in [2.05, 4.69) is 24.4 Å². The minimum atomic E-state index is -0.0800. The highest BCUT2D eigenvalue weighted by Crippen LogP contribution is 2.15. The van der Waals surface area contributed by atoms with E-state index in [1.807, 2.05) is 55.4 Å². The first-order valence-corrected chi connectivity index (χ1v) is 7.28. The lowest BCUT2D eigenvalue weighted by atomic mass is 10.1. The quantitative estimate of drug-likeness (QED) is 0.900. The van der Waals surface area contributed by atoms with Crippen molar-refractivity contribution < 1.29 is 4.79 Å². The van der Waals surface area contributed by atoms with Crippen LogP contribution in [-0.4, -0.2) is 20.0 Å². The zero-order valence-electron chi connectivity index (χ0n) is 12.9. The Bertz CT molecular complexity index is 586. The minimum absolute atomic E-state index is 0.0800. The van der Waals surface area contributed by atoms with Crippen LogP contribution in [0.4, 0.5) is 11.4 Å². The maximum Gasteiger partial charge on any atom is 0.255 e. The number of amides is 1. The van der Waals surface area contributed by atoms with Crippen LogP contribution in [-0.2, 0) is 6.42 Å². The fraction of sp³-hybridized carbons (Fsp3) is 0.278. The number of rotatable bonds is 5. The molecule has 0 radical (unpaired) electrons. The first-order valence-electron chi connectivity index (χ1n) is 7.28. The Morgan fingerprint density at radius 2 is 1.62 bits per heavy atom. The van der Waals surface area contributed by atoms with Crippen LogP contribution in [0.15, 0.2) is 48.5 Å². The Morgan fingerprint density at radius 1 is 1.00 bits per heavy atom. The van der Waals surface area contributed by atoms with E-state index in [1.165, 1.54) is 5.56 Å². The van der Waals surface area contributed by atoms with E-state index in [4.69, 9.17) is 0 Å². The van der Waals surface area contributed by atoms with Gasteiger partial charge in [0.15, 0.2) is 0 Å². The highest BCUT2D eigenvalue weighted by Gasteiger charge is 2.06. The molecule has 1 N–H and O–H groups in total. The Balaban J connectivity index is 2.03. The van der Waals surface area contributed by atoms with Crippen molar-refractivity contribution in [1.82, 2.24) is 0 Å². The zero-order valence-corrected chi connectivity index (χ0v) is 12.9. The highest BCUT2D eigenvalue weighted by molar-refractivity contribution is 6.04. The second-order valence-corrected chi connectivity index (χ2v) is 5.34. The molecule has 3 heteroatoms. The molecule has 0 saturated carbocycles. The van der Waals surface area contributed by atoms with Crippen LogP contribution in [0.3, 0.4) is 0 Å². The molecule has 0 saturated heterocycles. The molecule has 0 aliphatic carbocycles. The van der Waals surface area contributed by atoms with E-state index in [0.29, 0.717) is 5.56 Å². The first-order chi connectivity index (χ1) is 10.1. The van der Waals surface area contributed by atoms with E-state index in [0.717, 1.165) is 24.2 Å². The Hall–Kier alpha value is -2.29. The number of nitrogens with one attached hydrogen (secondary N) is 1. The standard InChI is InChI=1S/C18H22N2O/c1-4-5-14-6-10-16(11-7-14)19-18(21)15-8-12-17(13-9-15)20(2)3/h6-13H,4-5H2,1-3H3,(H,19,21). The molecule has 0 spiro atoms. The van der Waals surface area contributed by atoms with Gasteiger partial charge in [0, 0.05) is 31.0 Å². The molecule has 110 valence electrons. The van der Waals surface area contributed by atoms with E-state index in [-0.39, 0.29) is 5.91 Å². The molecule has 0 bridgehead atoms. The van der Waals surface area contributed by atoms with Gasteiger partial charge in [0.25, 0.3) is 5.91 Å². The van der Waals surface area contributed by atoms with E-state index in [1.54, 1.807) is 0 Å². The van der Waals surface area contributed by atoms with Crippen LogP contribution < -0.4 is 10.2 Å². The first kappa shape index (κ1) is 15.1. The summed E-state index contributed by atoms with van der Waals surface area (Å²) in [5.74, 6) is -0.0800. The second-order valence-electron chi connectivity index (χ2n) is 5.34. The molecule has 2 rings (SSSR count). The van der Waals surface area contributed by atoms with Gasteiger partial charge < -0.3 is 10.2 Å². The average Bonchev–Trinajstić information content (AvgIpc) is 2.49. The van der Waals surface area contributed by atoms with Gasteiger partial charge in [-0.15, -0.1) is 0 Å². The van der Waals surface area contributed by atoms with Crippen molar-refractivity contribution >= 4 is 17.3 Å². The topological polar surface area (TPSA) is 32.3 Å². The van der Waals surface area contributed by atoms with E-state index in [9.17, 15) is 4.79 Å². The van der Waals surface area contributed by atoms with E-state index >= 15 is 0 Å². The van der Waals surface area contributed by atoms with Crippen molar-refractivity contribution in [3.05, 3.63) is 59.7 Å². The molecule has 0 aliphatic rings. The normalized spacial score (nSPS) is 10.2. The van der Waals surface area contributed by atoms with Crippen molar-refractivity contribution in [2.75, 3.05) is 24.3 Å². The molecule has 0 aromatic heterocycles. The lowest BCUT2D eigenvalue weighted by Crippen LogP contribution is -2.13. The van der Waals surface area contributed by atoms with Crippen molar-refractivity contribution in [2.45, 2.75) is 19.8 Å². The van der Waals surface area contributed by atoms with E-state index < -0.39 is 0 Å². The van der Waals surface area contributed by atoms with Gasteiger partial charge in [-0.3, -0.25) is 4.79 Å². The summed E-state index contributed by atoms with van der Waals surface area (Å²) in [4.78, 5) is 14.2. The Kier molecular flexibility index (Phi) is 4.99.